The predicted molar refractivity (Wildman–Crippen MR) is 53.1 cm³/mol. The first-order valence-corrected chi connectivity index (χ1v) is 6.26. The number of nitrogens with two attached hydrogens (primary N) is 1. The number of halogens is 4. The molecule has 0 unspecified atom stereocenters. The molecule has 1 aromatic heterocycles. The highest BCUT2D eigenvalue weighted by Gasteiger charge is 2.34. The van der Waals surface area contributed by atoms with Crippen LogP contribution in [0.3, 0.4) is 0 Å². The van der Waals surface area contributed by atoms with Gasteiger partial charge in [0.25, 0.3) is 9.05 Å². The highest BCUT2D eigenvalue weighted by atomic mass is 35.7. The summed E-state index contributed by atoms with van der Waals surface area (Å²) in [6.45, 7) is 0. The van der Waals surface area contributed by atoms with Crippen molar-refractivity contribution in [3.63, 3.8) is 0 Å². The molecule has 11 heteroatoms. The molecule has 0 radical (unpaired) electrons. The summed E-state index contributed by atoms with van der Waals surface area (Å²) in [6, 6.07) is 1.91. The van der Waals surface area contributed by atoms with Gasteiger partial charge in [-0.2, -0.15) is 5.26 Å². The standard InChI is InChI=1S/C7H3ClF3N3O3S/c8-18(15,16)6-5(13)4(17-7(9,10)11)1-3(2-12)14-6/h1H,13H2. The Bertz CT molecular complexity index is 623. The zero-order chi connectivity index (χ0) is 14.1. The van der Waals surface area contributed by atoms with Gasteiger partial charge in [-0.25, -0.2) is 13.4 Å². The Kier molecular flexibility index (Phi) is 3.59. The summed E-state index contributed by atoms with van der Waals surface area (Å²) in [4.78, 5) is 3.20. The molecule has 0 atom stereocenters. The van der Waals surface area contributed by atoms with E-state index in [0.717, 1.165) is 0 Å². The number of rotatable bonds is 2. The molecule has 0 aromatic carbocycles. The topological polar surface area (TPSA) is 106 Å². The number of ether oxygens (including phenoxy) is 1. The molecule has 0 fully saturated rings. The fourth-order valence-electron chi connectivity index (χ4n) is 0.961. The van der Waals surface area contributed by atoms with E-state index in [9.17, 15) is 21.6 Å². The van der Waals surface area contributed by atoms with Crippen molar-refractivity contribution in [1.82, 2.24) is 4.98 Å². The third-order valence-electron chi connectivity index (χ3n) is 1.56. The van der Waals surface area contributed by atoms with Gasteiger partial charge in [0.1, 0.15) is 17.5 Å². The number of pyridine rings is 1. The third-order valence-corrected chi connectivity index (χ3v) is 2.77. The number of alkyl halides is 3. The molecule has 2 N–H and O–H groups in total. The molecule has 1 rings (SSSR count). The van der Waals surface area contributed by atoms with Crippen molar-refractivity contribution in [3.05, 3.63) is 11.8 Å². The minimum Gasteiger partial charge on any atom is -0.403 e. The van der Waals surface area contributed by atoms with Gasteiger partial charge in [0.15, 0.2) is 10.8 Å². The fraction of sp³-hybridized carbons (Fsp3) is 0.143. The van der Waals surface area contributed by atoms with E-state index in [-0.39, 0.29) is 0 Å². The minimum atomic E-state index is -5.10. The van der Waals surface area contributed by atoms with E-state index in [0.29, 0.717) is 6.07 Å². The van der Waals surface area contributed by atoms with Crippen molar-refractivity contribution in [2.75, 3.05) is 5.73 Å². The van der Waals surface area contributed by atoms with Crippen LogP contribution < -0.4 is 10.5 Å². The van der Waals surface area contributed by atoms with Crippen LogP contribution in [0.1, 0.15) is 5.69 Å². The van der Waals surface area contributed by atoms with Gasteiger partial charge in [0, 0.05) is 16.7 Å². The first-order chi connectivity index (χ1) is 8.04. The maximum Gasteiger partial charge on any atom is 0.573 e. The summed E-state index contributed by atoms with van der Waals surface area (Å²) < 4.78 is 61.6. The van der Waals surface area contributed by atoms with Gasteiger partial charge in [-0.15, -0.1) is 13.2 Å². The molecule has 6 nitrogen and oxygen atoms in total. The number of aromatic nitrogens is 1. The van der Waals surface area contributed by atoms with Gasteiger partial charge >= 0.3 is 6.36 Å². The zero-order valence-electron chi connectivity index (χ0n) is 8.19. The molecule has 18 heavy (non-hydrogen) atoms. The summed E-state index contributed by atoms with van der Waals surface area (Å²) >= 11 is 0. The Labute approximate surface area is 103 Å². The summed E-state index contributed by atoms with van der Waals surface area (Å²) in [5.41, 5.74) is 3.57. The van der Waals surface area contributed by atoms with Crippen molar-refractivity contribution in [2.24, 2.45) is 0 Å². The van der Waals surface area contributed by atoms with Gasteiger partial charge in [0.05, 0.1) is 0 Å². The second-order valence-corrected chi connectivity index (χ2v) is 5.30. The smallest absolute Gasteiger partial charge is 0.403 e. The molecule has 0 aliphatic heterocycles. The number of nitriles is 1. The lowest BCUT2D eigenvalue weighted by Gasteiger charge is -2.12. The predicted octanol–water partition coefficient (Wildman–Crippen LogP) is 1.36. The Morgan fingerprint density at radius 2 is 2.06 bits per heavy atom. The van der Waals surface area contributed by atoms with Crippen molar-refractivity contribution < 1.29 is 26.3 Å². The SMILES string of the molecule is N#Cc1cc(OC(F)(F)F)c(N)c(S(=O)(=O)Cl)n1. The van der Waals surface area contributed by atoms with Crippen molar-refractivity contribution in [3.8, 4) is 11.8 Å². The van der Waals surface area contributed by atoms with Crippen LogP contribution in [0.5, 0.6) is 5.75 Å². The maximum atomic E-state index is 12.0. The van der Waals surface area contributed by atoms with Crippen LogP contribution >= 0.6 is 10.7 Å². The summed E-state index contributed by atoms with van der Waals surface area (Å²) in [6.07, 6.45) is -5.10. The maximum absolute atomic E-state index is 12.0. The van der Waals surface area contributed by atoms with E-state index in [1.165, 1.54) is 6.07 Å². The second-order valence-electron chi connectivity index (χ2n) is 2.82. The molecule has 0 saturated carbocycles. The Hall–Kier alpha value is -1.73. The first kappa shape index (κ1) is 14.3. The van der Waals surface area contributed by atoms with E-state index in [4.69, 9.17) is 21.7 Å². The monoisotopic (exact) mass is 301 g/mol. The number of anilines is 1. The summed E-state index contributed by atoms with van der Waals surface area (Å²) in [5, 5.41) is 7.45. The number of nitrogen functional groups attached to an aromatic ring is 1. The van der Waals surface area contributed by atoms with Crippen LogP contribution in [-0.4, -0.2) is 19.8 Å². The normalized spacial score (nSPS) is 11.9. The van der Waals surface area contributed by atoms with E-state index in [1.54, 1.807) is 0 Å². The Balaban J connectivity index is 3.50. The lowest BCUT2D eigenvalue weighted by Crippen LogP contribution is -2.19. The largest absolute Gasteiger partial charge is 0.573 e. The van der Waals surface area contributed by atoms with Crippen molar-refractivity contribution >= 4 is 25.4 Å². The van der Waals surface area contributed by atoms with Gasteiger partial charge < -0.3 is 10.5 Å². The fourth-order valence-corrected chi connectivity index (χ4v) is 1.88. The Morgan fingerprint density at radius 1 is 1.50 bits per heavy atom. The van der Waals surface area contributed by atoms with Crippen LogP contribution in [0, 0.1) is 11.3 Å². The van der Waals surface area contributed by atoms with Gasteiger partial charge in [-0.3, -0.25) is 0 Å². The van der Waals surface area contributed by atoms with Crippen LogP contribution in [0.15, 0.2) is 11.1 Å². The highest BCUT2D eigenvalue weighted by Crippen LogP contribution is 2.33. The number of hydrogen-bond donors (Lipinski definition) is 1. The quantitative estimate of drug-likeness (QED) is 0.827. The average Bonchev–Trinajstić information content (AvgIpc) is 2.17. The van der Waals surface area contributed by atoms with Crippen LogP contribution in [0.4, 0.5) is 18.9 Å². The minimum absolute atomic E-state index is 0.550. The average molecular weight is 302 g/mol. The number of hydrogen-bond acceptors (Lipinski definition) is 6. The van der Waals surface area contributed by atoms with Gasteiger partial charge in [-0.1, -0.05) is 0 Å². The summed E-state index contributed by atoms with van der Waals surface area (Å²) in [7, 11) is 0.413. The molecule has 1 heterocycles. The molecule has 0 bridgehead atoms. The molecule has 1 aromatic rings. The first-order valence-electron chi connectivity index (χ1n) is 3.95. The molecular formula is C7H3ClF3N3O3S. The van der Waals surface area contributed by atoms with Crippen LogP contribution in [-0.2, 0) is 9.05 Å². The molecule has 98 valence electrons. The van der Waals surface area contributed by atoms with Crippen LogP contribution in [0.2, 0.25) is 0 Å². The van der Waals surface area contributed by atoms with Gasteiger partial charge in [-0.05, 0) is 0 Å². The second kappa shape index (κ2) is 4.51. The molecule has 0 amide bonds. The lowest BCUT2D eigenvalue weighted by molar-refractivity contribution is -0.274. The Morgan fingerprint density at radius 3 is 2.44 bits per heavy atom. The van der Waals surface area contributed by atoms with E-state index >= 15 is 0 Å². The molecule has 0 saturated heterocycles. The lowest BCUT2D eigenvalue weighted by atomic mass is 10.3. The zero-order valence-corrected chi connectivity index (χ0v) is 9.77. The molecule has 0 aliphatic rings. The molecular weight excluding hydrogens is 299 g/mol. The van der Waals surface area contributed by atoms with E-state index < -0.39 is 37.6 Å². The van der Waals surface area contributed by atoms with E-state index in [2.05, 4.69) is 9.72 Å². The van der Waals surface area contributed by atoms with E-state index in [1.807, 2.05) is 0 Å². The number of nitrogens with zero attached hydrogens (tertiary/aromatic N) is 2. The molecule has 0 spiro atoms. The highest BCUT2D eigenvalue weighted by molar-refractivity contribution is 8.13. The van der Waals surface area contributed by atoms with Crippen molar-refractivity contribution in [2.45, 2.75) is 11.4 Å². The van der Waals surface area contributed by atoms with Crippen LogP contribution in [0.25, 0.3) is 0 Å². The molecule has 0 aliphatic carbocycles. The van der Waals surface area contributed by atoms with Gasteiger partial charge in [0.2, 0.25) is 0 Å². The van der Waals surface area contributed by atoms with Crippen molar-refractivity contribution in [1.29, 1.82) is 5.26 Å². The third kappa shape index (κ3) is 3.38. The summed E-state index contributed by atoms with van der Waals surface area (Å²) in [5.74, 6) is -1.06.